The molecule has 0 saturated carbocycles. The Morgan fingerprint density at radius 2 is 1.81 bits per heavy atom. The van der Waals surface area contributed by atoms with Crippen molar-refractivity contribution < 1.29 is 9.53 Å². The van der Waals surface area contributed by atoms with Gasteiger partial charge in [0.25, 0.3) is 5.91 Å². The Labute approximate surface area is 194 Å². The molecule has 0 fully saturated rings. The number of aryl methyl sites for hydroxylation is 1. The van der Waals surface area contributed by atoms with Crippen LogP contribution in [0, 0.1) is 0 Å². The summed E-state index contributed by atoms with van der Waals surface area (Å²) >= 11 is 7.67. The van der Waals surface area contributed by atoms with Crippen LogP contribution in [-0.4, -0.2) is 18.6 Å². The van der Waals surface area contributed by atoms with Crippen molar-refractivity contribution in [3.63, 3.8) is 0 Å². The van der Waals surface area contributed by atoms with Crippen molar-refractivity contribution in [1.82, 2.24) is 5.32 Å². The normalized spacial score (nSPS) is 11.7. The van der Waals surface area contributed by atoms with Crippen LogP contribution in [0.4, 0.5) is 0 Å². The van der Waals surface area contributed by atoms with Gasteiger partial charge < -0.3 is 10.1 Å². The molecule has 3 rings (SSSR count). The smallest absolute Gasteiger partial charge is 0.251 e. The fraction of sp³-hybridized carbons (Fsp3) is 0.269. The molecule has 0 unspecified atom stereocenters. The monoisotopic (exact) mass is 453 g/mol. The Hall–Kier alpha value is -2.43. The van der Waals surface area contributed by atoms with Gasteiger partial charge in [-0.1, -0.05) is 41.9 Å². The molecular formula is C26H28ClNO2S. The van der Waals surface area contributed by atoms with Gasteiger partial charge in [-0.25, -0.2) is 0 Å². The summed E-state index contributed by atoms with van der Waals surface area (Å²) in [6, 6.07) is 23.9. The highest BCUT2D eigenvalue weighted by molar-refractivity contribution is 7.98. The molecule has 0 heterocycles. The molecule has 3 nitrogen and oxygen atoms in total. The highest BCUT2D eigenvalue weighted by Crippen LogP contribution is 2.30. The summed E-state index contributed by atoms with van der Waals surface area (Å²) in [5.41, 5.74) is 2.94. The molecule has 0 aliphatic rings. The topological polar surface area (TPSA) is 38.3 Å². The summed E-state index contributed by atoms with van der Waals surface area (Å²) in [4.78, 5) is 13.9. The van der Waals surface area contributed by atoms with E-state index in [1.165, 1.54) is 5.56 Å². The van der Waals surface area contributed by atoms with E-state index in [2.05, 4.69) is 17.4 Å². The molecule has 0 aliphatic carbocycles. The average molecular weight is 454 g/mol. The minimum absolute atomic E-state index is 0.0543. The van der Waals surface area contributed by atoms with Crippen molar-refractivity contribution in [3.05, 3.63) is 94.5 Å². The van der Waals surface area contributed by atoms with Crippen molar-refractivity contribution in [2.24, 2.45) is 0 Å². The fourth-order valence-electron chi connectivity index (χ4n) is 3.23. The summed E-state index contributed by atoms with van der Waals surface area (Å²) in [5, 5.41) is 3.85. The van der Waals surface area contributed by atoms with Gasteiger partial charge in [0.1, 0.15) is 5.75 Å². The molecule has 0 bridgehead atoms. The number of nitrogens with one attached hydrogen (secondary N) is 1. The quantitative estimate of drug-likeness (QED) is 0.344. The van der Waals surface area contributed by atoms with Crippen LogP contribution in [0.25, 0.3) is 0 Å². The van der Waals surface area contributed by atoms with Crippen molar-refractivity contribution in [3.8, 4) is 5.75 Å². The highest BCUT2D eigenvalue weighted by Gasteiger charge is 2.13. The van der Waals surface area contributed by atoms with E-state index in [-0.39, 0.29) is 11.9 Å². The number of rotatable bonds is 10. The largest absolute Gasteiger partial charge is 0.494 e. The first-order valence-electron chi connectivity index (χ1n) is 10.5. The van der Waals surface area contributed by atoms with Crippen molar-refractivity contribution in [2.45, 2.75) is 43.4 Å². The second-order valence-corrected chi connectivity index (χ2v) is 8.88. The molecule has 0 saturated heterocycles. The summed E-state index contributed by atoms with van der Waals surface area (Å²) in [7, 11) is 0. The first-order chi connectivity index (χ1) is 15.0. The zero-order valence-electron chi connectivity index (χ0n) is 17.9. The number of benzene rings is 3. The SMILES string of the molecule is CCOc1ccc(C(=O)N[C@H](C)CCc2ccccc2)cc1CSc1ccc(Cl)cc1. The molecular weight excluding hydrogens is 426 g/mol. The van der Waals surface area contributed by atoms with Gasteiger partial charge in [0.2, 0.25) is 0 Å². The van der Waals surface area contributed by atoms with Crippen LogP contribution in [0.15, 0.2) is 77.7 Å². The number of carbonyl (C=O) groups is 1. The van der Waals surface area contributed by atoms with Gasteiger partial charge in [0.15, 0.2) is 0 Å². The van der Waals surface area contributed by atoms with Crippen LogP contribution >= 0.6 is 23.4 Å². The average Bonchev–Trinajstić information content (AvgIpc) is 2.79. The minimum Gasteiger partial charge on any atom is -0.494 e. The van der Waals surface area contributed by atoms with Gasteiger partial charge in [-0.05, 0) is 74.7 Å². The predicted molar refractivity (Wildman–Crippen MR) is 130 cm³/mol. The number of amides is 1. The molecule has 3 aromatic carbocycles. The third kappa shape index (κ3) is 7.34. The van der Waals surface area contributed by atoms with E-state index in [1.807, 2.05) is 74.5 Å². The summed E-state index contributed by atoms with van der Waals surface area (Å²) < 4.78 is 5.78. The highest BCUT2D eigenvalue weighted by atomic mass is 35.5. The van der Waals surface area contributed by atoms with Crippen LogP contribution in [-0.2, 0) is 12.2 Å². The van der Waals surface area contributed by atoms with Gasteiger partial charge >= 0.3 is 0 Å². The minimum atomic E-state index is -0.0543. The van der Waals surface area contributed by atoms with E-state index in [0.717, 1.165) is 34.1 Å². The molecule has 0 radical (unpaired) electrons. The Morgan fingerprint density at radius 3 is 2.52 bits per heavy atom. The van der Waals surface area contributed by atoms with Crippen molar-refractivity contribution in [2.75, 3.05) is 6.61 Å². The third-order valence-corrected chi connectivity index (χ3v) is 6.23. The lowest BCUT2D eigenvalue weighted by atomic mass is 10.1. The first kappa shape index (κ1) is 23.2. The molecule has 0 aromatic heterocycles. The molecule has 5 heteroatoms. The van der Waals surface area contributed by atoms with E-state index >= 15 is 0 Å². The van der Waals surface area contributed by atoms with Crippen LogP contribution in [0.1, 0.15) is 41.8 Å². The third-order valence-electron chi connectivity index (χ3n) is 4.92. The van der Waals surface area contributed by atoms with Crippen LogP contribution in [0.3, 0.4) is 0 Å². The molecule has 1 N–H and O–H groups in total. The maximum absolute atomic E-state index is 12.8. The van der Waals surface area contributed by atoms with Crippen LogP contribution in [0.2, 0.25) is 5.02 Å². The molecule has 31 heavy (non-hydrogen) atoms. The molecule has 0 spiro atoms. The van der Waals surface area contributed by atoms with Crippen LogP contribution in [0.5, 0.6) is 5.75 Å². The van der Waals surface area contributed by atoms with Gasteiger partial charge in [-0.15, -0.1) is 11.8 Å². The van der Waals surface area contributed by atoms with Gasteiger partial charge in [-0.2, -0.15) is 0 Å². The fourth-order valence-corrected chi connectivity index (χ4v) is 4.23. The second-order valence-electron chi connectivity index (χ2n) is 7.40. The number of thioether (sulfide) groups is 1. The van der Waals surface area contributed by atoms with E-state index < -0.39 is 0 Å². The van der Waals surface area contributed by atoms with Gasteiger partial charge in [0.05, 0.1) is 6.61 Å². The van der Waals surface area contributed by atoms with Crippen molar-refractivity contribution >= 4 is 29.3 Å². The number of hydrogen-bond donors (Lipinski definition) is 1. The van der Waals surface area contributed by atoms with E-state index in [9.17, 15) is 4.79 Å². The summed E-state index contributed by atoms with van der Waals surface area (Å²) in [6.07, 6.45) is 1.83. The van der Waals surface area contributed by atoms with E-state index in [0.29, 0.717) is 17.9 Å². The molecule has 162 valence electrons. The lowest BCUT2D eigenvalue weighted by Gasteiger charge is -2.16. The Bertz CT molecular complexity index is 976. The predicted octanol–water partition coefficient (Wildman–Crippen LogP) is 6.78. The van der Waals surface area contributed by atoms with Crippen LogP contribution < -0.4 is 10.1 Å². The molecule has 0 aliphatic heterocycles. The van der Waals surface area contributed by atoms with Crippen molar-refractivity contribution in [1.29, 1.82) is 0 Å². The second kappa shape index (κ2) is 11.8. The summed E-state index contributed by atoms with van der Waals surface area (Å²) in [6.45, 7) is 4.60. The Balaban J connectivity index is 1.63. The number of hydrogen-bond acceptors (Lipinski definition) is 3. The maximum Gasteiger partial charge on any atom is 0.251 e. The van der Waals surface area contributed by atoms with E-state index in [1.54, 1.807) is 11.8 Å². The number of halogens is 1. The van der Waals surface area contributed by atoms with E-state index in [4.69, 9.17) is 16.3 Å². The maximum atomic E-state index is 12.8. The molecule has 3 aromatic rings. The van der Waals surface area contributed by atoms with Gasteiger partial charge in [0, 0.05) is 32.8 Å². The zero-order chi connectivity index (χ0) is 22.1. The molecule has 1 amide bonds. The number of carbonyl (C=O) groups excluding carboxylic acids is 1. The summed E-state index contributed by atoms with van der Waals surface area (Å²) in [5.74, 6) is 1.47. The zero-order valence-corrected chi connectivity index (χ0v) is 19.5. The lowest BCUT2D eigenvalue weighted by Crippen LogP contribution is -2.33. The Kier molecular flexibility index (Phi) is 8.86. The Morgan fingerprint density at radius 1 is 1.06 bits per heavy atom. The lowest BCUT2D eigenvalue weighted by molar-refractivity contribution is 0.0938. The number of ether oxygens (including phenoxy) is 1. The molecule has 1 atom stereocenters. The first-order valence-corrected chi connectivity index (χ1v) is 11.9. The van der Waals surface area contributed by atoms with Gasteiger partial charge in [-0.3, -0.25) is 4.79 Å². The standard InChI is InChI=1S/C26H28ClNO2S/c1-3-30-25-16-11-21(17-22(25)18-31-24-14-12-23(27)13-15-24)26(29)28-19(2)9-10-20-7-5-4-6-8-20/h4-8,11-17,19H,3,9-10,18H2,1-2H3,(H,28,29)/t19-/m1/s1.